The van der Waals surface area contributed by atoms with Gasteiger partial charge in [-0.05, 0) is 69.4 Å². The normalized spacial score (nSPS) is 23.3. The molecular formula is C23H27FN2O4S. The predicted octanol–water partition coefficient (Wildman–Crippen LogP) is 4.55. The molecule has 1 amide bonds. The Hall–Kier alpha value is -2.48. The number of nitrogens with zero attached hydrogens (tertiary/aromatic N) is 2. The molecule has 0 radical (unpaired) electrons. The summed E-state index contributed by atoms with van der Waals surface area (Å²) in [5.74, 6) is -0.545. The predicted molar refractivity (Wildman–Crippen MR) is 115 cm³/mol. The Labute approximate surface area is 182 Å². The number of amides is 1. The number of carbonyl (C=O) groups is 1. The second-order valence-electron chi connectivity index (χ2n) is 9.43. The number of fused-ring (bicyclic) bond motifs is 2. The van der Waals surface area contributed by atoms with Gasteiger partial charge in [-0.3, -0.25) is 0 Å². The van der Waals surface area contributed by atoms with Crippen LogP contribution in [0.2, 0.25) is 0 Å². The van der Waals surface area contributed by atoms with Crippen LogP contribution in [-0.4, -0.2) is 48.3 Å². The van der Waals surface area contributed by atoms with Gasteiger partial charge in [0.05, 0.1) is 4.90 Å². The van der Waals surface area contributed by atoms with Crippen LogP contribution in [0.3, 0.4) is 0 Å². The fourth-order valence-electron chi connectivity index (χ4n) is 4.70. The number of hydrogen-bond donors (Lipinski definition) is 0. The van der Waals surface area contributed by atoms with E-state index in [2.05, 4.69) is 4.98 Å². The summed E-state index contributed by atoms with van der Waals surface area (Å²) in [4.78, 5) is 18.7. The Balaban J connectivity index is 1.61. The quantitative estimate of drug-likeness (QED) is 0.647. The maximum atomic E-state index is 14.5. The van der Waals surface area contributed by atoms with Crippen molar-refractivity contribution in [2.24, 2.45) is 0 Å². The zero-order chi connectivity index (χ0) is 22.6. The Morgan fingerprint density at radius 2 is 1.87 bits per heavy atom. The number of carbonyl (C=O) groups excluding carboxylic acids is 1. The first-order valence-electron chi connectivity index (χ1n) is 10.4. The van der Waals surface area contributed by atoms with Crippen LogP contribution in [0.4, 0.5) is 9.18 Å². The Kier molecular flexibility index (Phi) is 5.32. The van der Waals surface area contributed by atoms with Crippen molar-refractivity contribution in [1.29, 1.82) is 0 Å². The molecule has 0 aliphatic carbocycles. The fourth-order valence-corrected chi connectivity index (χ4v) is 5.33. The smallest absolute Gasteiger partial charge is 0.410 e. The van der Waals surface area contributed by atoms with E-state index in [1.807, 2.05) is 25.7 Å². The molecule has 1 aromatic carbocycles. The SMILES string of the molecule is CC(C)(C)OC(=O)N1C2CCC1C(c1cnc(F)c(-c3ccc(S(C)(=O)=O)cc3)c1)C2. The van der Waals surface area contributed by atoms with Crippen LogP contribution in [0.1, 0.15) is 51.5 Å². The number of rotatable bonds is 3. The molecule has 3 unspecified atom stereocenters. The Morgan fingerprint density at radius 1 is 1.19 bits per heavy atom. The largest absolute Gasteiger partial charge is 0.444 e. The van der Waals surface area contributed by atoms with Crippen LogP contribution in [0, 0.1) is 5.95 Å². The minimum Gasteiger partial charge on any atom is -0.444 e. The van der Waals surface area contributed by atoms with Crippen molar-refractivity contribution < 1.29 is 22.3 Å². The van der Waals surface area contributed by atoms with E-state index in [4.69, 9.17) is 4.74 Å². The summed E-state index contributed by atoms with van der Waals surface area (Å²) in [6, 6.07) is 8.02. The molecule has 166 valence electrons. The summed E-state index contributed by atoms with van der Waals surface area (Å²) in [7, 11) is -3.33. The van der Waals surface area contributed by atoms with Crippen LogP contribution in [0.25, 0.3) is 11.1 Å². The van der Waals surface area contributed by atoms with E-state index in [1.54, 1.807) is 24.4 Å². The molecule has 6 nitrogen and oxygen atoms in total. The molecule has 2 aliphatic rings. The summed E-state index contributed by atoms with van der Waals surface area (Å²) in [5, 5.41) is 0. The van der Waals surface area contributed by atoms with Gasteiger partial charge in [-0.25, -0.2) is 18.2 Å². The number of aromatic nitrogens is 1. The van der Waals surface area contributed by atoms with Gasteiger partial charge < -0.3 is 9.64 Å². The maximum Gasteiger partial charge on any atom is 0.410 e. The average molecular weight is 447 g/mol. The number of hydrogen-bond acceptors (Lipinski definition) is 5. The van der Waals surface area contributed by atoms with Gasteiger partial charge in [-0.1, -0.05) is 12.1 Å². The number of sulfone groups is 1. The summed E-state index contributed by atoms with van der Waals surface area (Å²) in [6.45, 7) is 5.56. The van der Waals surface area contributed by atoms with Crippen LogP contribution in [0.5, 0.6) is 0 Å². The lowest BCUT2D eigenvalue weighted by Gasteiger charge is -2.28. The van der Waals surface area contributed by atoms with Crippen LogP contribution in [0.15, 0.2) is 41.4 Å². The van der Waals surface area contributed by atoms with Gasteiger partial charge in [0.25, 0.3) is 0 Å². The van der Waals surface area contributed by atoms with Crippen LogP contribution >= 0.6 is 0 Å². The highest BCUT2D eigenvalue weighted by molar-refractivity contribution is 7.90. The van der Waals surface area contributed by atoms with Gasteiger partial charge in [-0.15, -0.1) is 0 Å². The summed E-state index contributed by atoms with van der Waals surface area (Å²) < 4.78 is 43.5. The van der Waals surface area contributed by atoms with Crippen molar-refractivity contribution in [3.63, 3.8) is 0 Å². The zero-order valence-electron chi connectivity index (χ0n) is 18.1. The third kappa shape index (κ3) is 4.31. The molecule has 2 fully saturated rings. The first kappa shape index (κ1) is 21.7. The highest BCUT2D eigenvalue weighted by Gasteiger charge is 2.50. The van der Waals surface area contributed by atoms with Crippen molar-refractivity contribution in [3.05, 3.63) is 48.0 Å². The van der Waals surface area contributed by atoms with E-state index in [-0.39, 0.29) is 29.0 Å². The van der Waals surface area contributed by atoms with Gasteiger partial charge in [0.15, 0.2) is 9.84 Å². The molecule has 3 atom stereocenters. The maximum absolute atomic E-state index is 14.5. The zero-order valence-corrected chi connectivity index (χ0v) is 18.9. The van der Waals surface area contributed by atoms with Gasteiger partial charge >= 0.3 is 6.09 Å². The standard InChI is InChI=1S/C23H27FN2O4S/c1-23(2,3)30-22(27)26-16-7-10-20(26)18(12-16)15-11-19(21(24)25-13-15)14-5-8-17(9-6-14)31(4,28)29/h5-6,8-9,11,13,16,18,20H,7,10,12H2,1-4H3. The fraction of sp³-hybridized carbons (Fsp3) is 0.478. The first-order valence-corrected chi connectivity index (χ1v) is 12.3. The van der Waals surface area contributed by atoms with E-state index in [0.29, 0.717) is 11.1 Å². The van der Waals surface area contributed by atoms with Crippen molar-refractivity contribution in [1.82, 2.24) is 9.88 Å². The number of benzene rings is 1. The molecule has 0 saturated carbocycles. The van der Waals surface area contributed by atoms with E-state index in [0.717, 1.165) is 31.1 Å². The second-order valence-corrected chi connectivity index (χ2v) is 11.4. The summed E-state index contributed by atoms with van der Waals surface area (Å²) >= 11 is 0. The van der Waals surface area contributed by atoms with E-state index in [9.17, 15) is 17.6 Å². The van der Waals surface area contributed by atoms with E-state index >= 15 is 0 Å². The summed E-state index contributed by atoms with van der Waals surface area (Å²) in [5.41, 5.74) is 1.21. The van der Waals surface area contributed by atoms with E-state index in [1.165, 1.54) is 12.1 Å². The molecule has 2 aliphatic heterocycles. The third-order valence-electron chi connectivity index (χ3n) is 6.02. The molecule has 31 heavy (non-hydrogen) atoms. The molecule has 2 bridgehead atoms. The minimum absolute atomic E-state index is 0.00701. The Bertz CT molecular complexity index is 1110. The molecule has 1 aromatic heterocycles. The first-order chi connectivity index (χ1) is 14.4. The van der Waals surface area contributed by atoms with Gasteiger partial charge in [0.1, 0.15) is 5.60 Å². The summed E-state index contributed by atoms with van der Waals surface area (Å²) in [6.07, 6.45) is 5.00. The van der Waals surface area contributed by atoms with Crippen molar-refractivity contribution >= 4 is 15.9 Å². The molecule has 8 heteroatoms. The lowest BCUT2D eigenvalue weighted by Crippen LogP contribution is -2.40. The highest BCUT2D eigenvalue weighted by Crippen LogP contribution is 2.47. The molecule has 3 heterocycles. The minimum atomic E-state index is -3.33. The highest BCUT2D eigenvalue weighted by atomic mass is 32.2. The van der Waals surface area contributed by atoms with Gasteiger partial charge in [-0.2, -0.15) is 4.39 Å². The lowest BCUT2D eigenvalue weighted by atomic mass is 9.84. The van der Waals surface area contributed by atoms with Gasteiger partial charge in [0.2, 0.25) is 5.95 Å². The monoisotopic (exact) mass is 446 g/mol. The number of halogens is 1. The Morgan fingerprint density at radius 3 is 2.48 bits per heavy atom. The topological polar surface area (TPSA) is 76.6 Å². The number of ether oxygens (including phenoxy) is 1. The third-order valence-corrected chi connectivity index (χ3v) is 7.15. The number of pyridine rings is 1. The lowest BCUT2D eigenvalue weighted by molar-refractivity contribution is 0.0213. The average Bonchev–Trinajstić information content (AvgIpc) is 3.25. The second kappa shape index (κ2) is 7.58. The molecule has 2 aromatic rings. The van der Waals surface area contributed by atoms with Crippen LogP contribution in [-0.2, 0) is 14.6 Å². The van der Waals surface area contributed by atoms with Gasteiger partial charge in [0, 0.05) is 36.0 Å². The molecule has 4 rings (SSSR count). The van der Waals surface area contributed by atoms with Crippen molar-refractivity contribution in [2.45, 2.75) is 68.5 Å². The van der Waals surface area contributed by atoms with Crippen LogP contribution < -0.4 is 0 Å². The van der Waals surface area contributed by atoms with Crippen molar-refractivity contribution in [3.8, 4) is 11.1 Å². The molecule has 2 saturated heterocycles. The molecular weight excluding hydrogens is 419 g/mol. The molecule has 0 spiro atoms. The van der Waals surface area contributed by atoms with Crippen molar-refractivity contribution in [2.75, 3.05) is 6.26 Å². The molecule has 0 N–H and O–H groups in total. The van der Waals surface area contributed by atoms with E-state index < -0.39 is 21.4 Å².